The highest BCUT2D eigenvalue weighted by molar-refractivity contribution is 5.81. The summed E-state index contributed by atoms with van der Waals surface area (Å²) < 4.78 is 20.0. The highest BCUT2D eigenvalue weighted by Gasteiger charge is 2.73. The number of aliphatic hydroxyl groups excluding tert-OH is 1. The van der Waals surface area contributed by atoms with Crippen LogP contribution in [0, 0.1) is 0 Å². The van der Waals surface area contributed by atoms with Crippen molar-refractivity contribution >= 4 is 23.7 Å². The molecule has 4 heterocycles. The number of rotatable bonds is 2. The van der Waals surface area contributed by atoms with Crippen LogP contribution in [0.3, 0.4) is 0 Å². The summed E-state index contributed by atoms with van der Waals surface area (Å²) in [5.74, 6) is -0.315. The topological polar surface area (TPSA) is 104 Å². The Bertz CT molecular complexity index is 852. The van der Waals surface area contributed by atoms with Crippen molar-refractivity contribution in [3.8, 4) is 0 Å². The molecule has 2 saturated heterocycles. The number of aliphatic hydroxyl groups is 1. The highest BCUT2D eigenvalue weighted by Crippen LogP contribution is 2.58. The molecule has 5 atom stereocenters. The number of hydrogen-bond acceptors (Lipinski definition) is 8. The molecule has 2 aromatic heterocycles. The molecule has 0 bridgehead atoms. The van der Waals surface area contributed by atoms with Crippen molar-refractivity contribution in [2.75, 3.05) is 0 Å². The van der Waals surface area contributed by atoms with Crippen LogP contribution in [-0.2, 0) is 14.2 Å². The molecule has 1 spiro atoms. The molecule has 0 aromatic carbocycles. The fraction of sp³-hybridized carbons (Fsp3) is 0.600. The van der Waals surface area contributed by atoms with Gasteiger partial charge < -0.3 is 19.3 Å². The van der Waals surface area contributed by atoms with E-state index in [4.69, 9.17) is 14.2 Å². The largest absolute Gasteiger partial charge is 0.390 e. The molecule has 2 aromatic rings. The molecule has 1 saturated carbocycles. The van der Waals surface area contributed by atoms with Gasteiger partial charge in [-0.3, -0.25) is 4.57 Å². The van der Waals surface area contributed by atoms with Gasteiger partial charge in [0.15, 0.2) is 29.0 Å². The third-order valence-electron chi connectivity index (χ3n) is 4.91. The second-order valence-corrected chi connectivity index (χ2v) is 6.88. The molecule has 3 fully saturated rings. The zero-order valence-corrected chi connectivity index (χ0v) is 13.3. The SMILES string of the molecule is C=Nc1ncnc2c1ncn2[C@@H]1OC2(CC2O)[C@H]2OC(C)(C)O[C@@H]12. The Kier molecular flexibility index (Phi) is 2.62. The minimum Gasteiger partial charge on any atom is -0.390 e. The Hall–Kier alpha value is -1.94. The summed E-state index contributed by atoms with van der Waals surface area (Å²) in [5.41, 5.74) is 0.409. The second kappa shape index (κ2) is 4.37. The predicted molar refractivity (Wildman–Crippen MR) is 81.8 cm³/mol. The van der Waals surface area contributed by atoms with E-state index in [1.807, 2.05) is 13.8 Å². The van der Waals surface area contributed by atoms with Crippen LogP contribution < -0.4 is 0 Å². The number of fused-ring (bicyclic) bond motifs is 3. The molecule has 2 unspecified atom stereocenters. The van der Waals surface area contributed by atoms with E-state index in [-0.39, 0.29) is 12.2 Å². The first-order valence-corrected chi connectivity index (χ1v) is 7.81. The molecule has 24 heavy (non-hydrogen) atoms. The van der Waals surface area contributed by atoms with E-state index in [9.17, 15) is 5.11 Å². The van der Waals surface area contributed by atoms with Crippen LogP contribution >= 0.6 is 0 Å². The van der Waals surface area contributed by atoms with Crippen LogP contribution in [0.4, 0.5) is 5.82 Å². The maximum Gasteiger partial charge on any atom is 0.182 e. The lowest BCUT2D eigenvalue weighted by molar-refractivity contribution is -0.205. The highest BCUT2D eigenvalue weighted by atomic mass is 16.8. The lowest BCUT2D eigenvalue weighted by Crippen LogP contribution is -2.34. The van der Waals surface area contributed by atoms with E-state index in [2.05, 4.69) is 26.7 Å². The van der Waals surface area contributed by atoms with E-state index >= 15 is 0 Å². The van der Waals surface area contributed by atoms with Crippen LogP contribution in [0.5, 0.6) is 0 Å². The van der Waals surface area contributed by atoms with Gasteiger partial charge in [0.2, 0.25) is 0 Å². The molecule has 2 aliphatic heterocycles. The second-order valence-electron chi connectivity index (χ2n) is 6.88. The first kappa shape index (κ1) is 14.4. The summed E-state index contributed by atoms with van der Waals surface area (Å²) in [6.45, 7) is 7.22. The first-order valence-electron chi connectivity index (χ1n) is 7.81. The molecule has 1 aliphatic carbocycles. The van der Waals surface area contributed by atoms with Crippen molar-refractivity contribution in [2.24, 2.45) is 4.99 Å². The summed E-state index contributed by atoms with van der Waals surface area (Å²) in [7, 11) is 0. The quantitative estimate of drug-likeness (QED) is 0.808. The third kappa shape index (κ3) is 1.72. The molecular formula is C15H17N5O4. The Labute approximate surface area is 137 Å². The van der Waals surface area contributed by atoms with Crippen LogP contribution in [0.1, 0.15) is 26.5 Å². The van der Waals surface area contributed by atoms with Crippen molar-refractivity contribution in [1.82, 2.24) is 19.5 Å². The fourth-order valence-electron chi connectivity index (χ4n) is 3.77. The smallest absolute Gasteiger partial charge is 0.182 e. The van der Waals surface area contributed by atoms with Gasteiger partial charge in [0.05, 0.1) is 12.4 Å². The van der Waals surface area contributed by atoms with Gasteiger partial charge in [-0.25, -0.2) is 19.9 Å². The molecule has 0 amide bonds. The number of nitrogens with zero attached hydrogens (tertiary/aromatic N) is 5. The fourth-order valence-corrected chi connectivity index (χ4v) is 3.77. The van der Waals surface area contributed by atoms with Crippen LogP contribution in [0.2, 0.25) is 0 Å². The Morgan fingerprint density at radius 3 is 2.79 bits per heavy atom. The van der Waals surface area contributed by atoms with Crippen LogP contribution in [0.15, 0.2) is 17.6 Å². The minimum absolute atomic E-state index is 0.330. The van der Waals surface area contributed by atoms with Gasteiger partial charge in [-0.2, -0.15) is 0 Å². The summed E-state index contributed by atoms with van der Waals surface area (Å²) >= 11 is 0. The van der Waals surface area contributed by atoms with E-state index in [0.29, 0.717) is 23.4 Å². The summed E-state index contributed by atoms with van der Waals surface area (Å²) in [5, 5.41) is 10.1. The van der Waals surface area contributed by atoms with Gasteiger partial charge in [0, 0.05) is 6.42 Å². The first-order chi connectivity index (χ1) is 11.5. The standard InChI is InChI=1S/C15H17N5O4/c1-14(2)22-9-10(23-14)15(4-7(15)21)24-13(9)20-6-19-8-11(16-3)17-5-18-12(8)20/h5-7,9-10,13,21H,3-4H2,1-2H3/t7?,9-,10+,13-,15?/m1/s1. The molecule has 0 radical (unpaired) electrons. The maximum absolute atomic E-state index is 10.1. The number of ether oxygens (including phenoxy) is 3. The predicted octanol–water partition coefficient (Wildman–Crippen LogP) is 0.711. The monoisotopic (exact) mass is 331 g/mol. The van der Waals surface area contributed by atoms with Crippen molar-refractivity contribution in [2.45, 2.75) is 56.2 Å². The van der Waals surface area contributed by atoms with E-state index in [0.717, 1.165) is 0 Å². The maximum atomic E-state index is 10.1. The van der Waals surface area contributed by atoms with Crippen molar-refractivity contribution in [3.05, 3.63) is 12.7 Å². The normalized spacial score (nSPS) is 39.5. The zero-order valence-electron chi connectivity index (χ0n) is 13.3. The van der Waals surface area contributed by atoms with E-state index < -0.39 is 23.7 Å². The molecular weight excluding hydrogens is 314 g/mol. The third-order valence-corrected chi connectivity index (χ3v) is 4.91. The van der Waals surface area contributed by atoms with Crippen LogP contribution in [0.25, 0.3) is 11.2 Å². The number of aliphatic imine (C=N–C) groups is 1. The zero-order chi connectivity index (χ0) is 16.7. The Morgan fingerprint density at radius 2 is 2.08 bits per heavy atom. The molecule has 5 rings (SSSR count). The average molecular weight is 331 g/mol. The molecule has 9 nitrogen and oxygen atoms in total. The Balaban J connectivity index is 1.61. The van der Waals surface area contributed by atoms with Gasteiger partial charge in [-0.05, 0) is 20.6 Å². The van der Waals surface area contributed by atoms with Gasteiger partial charge >= 0.3 is 0 Å². The summed E-state index contributed by atoms with van der Waals surface area (Å²) in [6.07, 6.45) is 1.83. The van der Waals surface area contributed by atoms with Crippen molar-refractivity contribution < 1.29 is 19.3 Å². The molecule has 1 N–H and O–H groups in total. The lowest BCUT2D eigenvalue weighted by Gasteiger charge is -2.24. The summed E-state index contributed by atoms with van der Waals surface area (Å²) in [6, 6.07) is 0. The molecule has 9 heteroatoms. The van der Waals surface area contributed by atoms with Gasteiger partial charge in [0.1, 0.15) is 24.1 Å². The number of hydrogen-bond donors (Lipinski definition) is 1. The van der Waals surface area contributed by atoms with Crippen molar-refractivity contribution in [3.63, 3.8) is 0 Å². The van der Waals surface area contributed by atoms with E-state index in [1.54, 1.807) is 10.9 Å². The number of aromatic nitrogens is 4. The molecule has 3 aliphatic rings. The van der Waals surface area contributed by atoms with Crippen LogP contribution in [-0.4, -0.2) is 61.0 Å². The van der Waals surface area contributed by atoms with Gasteiger partial charge in [-0.1, -0.05) is 0 Å². The summed E-state index contributed by atoms with van der Waals surface area (Å²) in [4.78, 5) is 16.6. The van der Waals surface area contributed by atoms with E-state index in [1.165, 1.54) is 6.33 Å². The average Bonchev–Trinajstić information content (AvgIpc) is 2.88. The van der Waals surface area contributed by atoms with Crippen molar-refractivity contribution in [1.29, 1.82) is 0 Å². The minimum atomic E-state index is -0.730. The van der Waals surface area contributed by atoms with Gasteiger partial charge in [-0.15, -0.1) is 0 Å². The Morgan fingerprint density at radius 1 is 1.29 bits per heavy atom. The molecule has 126 valence electrons. The lowest BCUT2D eigenvalue weighted by atomic mass is 10.1. The van der Waals surface area contributed by atoms with Gasteiger partial charge in [0.25, 0.3) is 0 Å². The number of imidazole rings is 1.